The second-order valence-corrected chi connectivity index (χ2v) is 8.69. The fraction of sp³-hybridized carbons (Fsp3) is 0.368. The molecule has 1 aliphatic rings. The molecule has 3 rings (SSSR count). The van der Waals surface area contributed by atoms with Gasteiger partial charge in [0, 0.05) is 23.8 Å². The van der Waals surface area contributed by atoms with Gasteiger partial charge in [0.2, 0.25) is 10.0 Å². The van der Waals surface area contributed by atoms with Gasteiger partial charge in [-0.2, -0.15) is 0 Å². The Hall–Kier alpha value is -2.36. The average Bonchev–Trinajstić information content (AvgIpc) is 2.62. The lowest BCUT2D eigenvalue weighted by molar-refractivity contribution is 0.102. The number of sulfonamides is 1. The highest BCUT2D eigenvalue weighted by molar-refractivity contribution is 7.92. The van der Waals surface area contributed by atoms with Crippen molar-refractivity contribution in [2.45, 2.75) is 25.7 Å². The SMILES string of the molecule is Cc1cc(C2CCCNC2)oc(=O)c1C(=O)Nc1ccc(NS(C)(=O)=O)cc1.Cl. The number of piperidine rings is 1. The fourth-order valence-electron chi connectivity index (χ4n) is 3.23. The van der Waals surface area contributed by atoms with Gasteiger partial charge in [-0.3, -0.25) is 9.52 Å². The molecule has 10 heteroatoms. The third kappa shape index (κ3) is 6.06. The Kier molecular flexibility index (Phi) is 7.45. The number of aryl methyl sites for hydroxylation is 1. The molecule has 29 heavy (non-hydrogen) atoms. The topological polar surface area (TPSA) is 118 Å². The first-order valence-electron chi connectivity index (χ1n) is 8.97. The smallest absolute Gasteiger partial charge is 0.349 e. The Morgan fingerprint density at radius 2 is 1.86 bits per heavy atom. The molecular weight excluding hydrogens is 418 g/mol. The van der Waals surface area contributed by atoms with Gasteiger partial charge in [-0.25, -0.2) is 13.2 Å². The van der Waals surface area contributed by atoms with Gasteiger partial charge < -0.3 is 15.1 Å². The summed E-state index contributed by atoms with van der Waals surface area (Å²) < 4.78 is 30.2. The summed E-state index contributed by atoms with van der Waals surface area (Å²) in [5.41, 5.74) is 0.675. The highest BCUT2D eigenvalue weighted by Gasteiger charge is 2.22. The zero-order chi connectivity index (χ0) is 20.3. The summed E-state index contributed by atoms with van der Waals surface area (Å²) in [6.45, 7) is 3.42. The Balaban J connectivity index is 0.00000300. The molecule has 158 valence electrons. The molecular formula is C19H24ClN3O5S. The number of amides is 1. The van der Waals surface area contributed by atoms with E-state index in [0.717, 1.165) is 32.2 Å². The lowest BCUT2D eigenvalue weighted by Crippen LogP contribution is -2.30. The molecule has 0 saturated carbocycles. The number of hydrogen-bond acceptors (Lipinski definition) is 6. The second kappa shape index (κ2) is 9.43. The predicted octanol–water partition coefficient (Wildman–Crippen LogP) is 2.46. The van der Waals surface area contributed by atoms with E-state index in [0.29, 0.717) is 22.7 Å². The van der Waals surface area contributed by atoms with Crippen molar-refractivity contribution in [3.8, 4) is 0 Å². The van der Waals surface area contributed by atoms with Gasteiger partial charge >= 0.3 is 5.63 Å². The molecule has 1 aromatic heterocycles. The first kappa shape index (κ1) is 22.9. The van der Waals surface area contributed by atoms with Crippen molar-refractivity contribution in [1.82, 2.24) is 5.32 Å². The number of benzene rings is 1. The van der Waals surface area contributed by atoms with E-state index in [-0.39, 0.29) is 23.9 Å². The third-order valence-electron chi connectivity index (χ3n) is 4.54. The van der Waals surface area contributed by atoms with Crippen LogP contribution >= 0.6 is 12.4 Å². The number of rotatable bonds is 5. The van der Waals surface area contributed by atoms with E-state index in [1.54, 1.807) is 25.1 Å². The van der Waals surface area contributed by atoms with Crippen molar-refractivity contribution < 1.29 is 17.6 Å². The van der Waals surface area contributed by atoms with Crippen LogP contribution < -0.4 is 21.0 Å². The van der Waals surface area contributed by atoms with Gasteiger partial charge in [-0.15, -0.1) is 12.4 Å². The van der Waals surface area contributed by atoms with Crippen LogP contribution in [0.2, 0.25) is 0 Å². The summed E-state index contributed by atoms with van der Waals surface area (Å²) in [6.07, 6.45) is 3.01. The van der Waals surface area contributed by atoms with Crippen LogP contribution in [-0.2, 0) is 10.0 Å². The molecule has 1 unspecified atom stereocenters. The summed E-state index contributed by atoms with van der Waals surface area (Å²) in [5.74, 6) is 0.165. The summed E-state index contributed by atoms with van der Waals surface area (Å²) in [6, 6.07) is 7.89. The second-order valence-electron chi connectivity index (χ2n) is 6.94. The van der Waals surface area contributed by atoms with Crippen molar-refractivity contribution in [1.29, 1.82) is 0 Å². The molecule has 0 bridgehead atoms. The third-order valence-corrected chi connectivity index (χ3v) is 5.15. The first-order chi connectivity index (χ1) is 13.2. The number of halogens is 1. The van der Waals surface area contributed by atoms with E-state index < -0.39 is 21.6 Å². The van der Waals surface area contributed by atoms with Crippen molar-refractivity contribution in [3.05, 3.63) is 57.6 Å². The quantitative estimate of drug-likeness (QED) is 0.656. The monoisotopic (exact) mass is 441 g/mol. The maximum Gasteiger partial charge on any atom is 0.349 e. The molecule has 2 aromatic rings. The molecule has 2 heterocycles. The zero-order valence-electron chi connectivity index (χ0n) is 16.2. The van der Waals surface area contributed by atoms with E-state index in [9.17, 15) is 18.0 Å². The van der Waals surface area contributed by atoms with Crippen LogP contribution in [0.15, 0.2) is 39.5 Å². The summed E-state index contributed by atoms with van der Waals surface area (Å²) >= 11 is 0. The molecule has 8 nitrogen and oxygen atoms in total. The van der Waals surface area contributed by atoms with Crippen LogP contribution in [0.4, 0.5) is 11.4 Å². The molecule has 0 aliphatic carbocycles. The first-order valence-corrected chi connectivity index (χ1v) is 10.9. The van der Waals surface area contributed by atoms with Crippen molar-refractivity contribution in [2.75, 3.05) is 29.4 Å². The van der Waals surface area contributed by atoms with Crippen molar-refractivity contribution in [2.24, 2.45) is 0 Å². The largest absolute Gasteiger partial charge is 0.427 e. The lowest BCUT2D eigenvalue weighted by Gasteiger charge is -2.22. The Bertz CT molecular complexity index is 1030. The summed E-state index contributed by atoms with van der Waals surface area (Å²) in [5, 5.41) is 5.92. The van der Waals surface area contributed by atoms with Crippen molar-refractivity contribution in [3.63, 3.8) is 0 Å². The Morgan fingerprint density at radius 3 is 2.41 bits per heavy atom. The summed E-state index contributed by atoms with van der Waals surface area (Å²) in [7, 11) is -3.38. The zero-order valence-corrected chi connectivity index (χ0v) is 17.8. The van der Waals surface area contributed by atoms with E-state index in [2.05, 4.69) is 15.4 Å². The maximum atomic E-state index is 12.6. The molecule has 1 aliphatic heterocycles. The number of hydrogen-bond donors (Lipinski definition) is 3. The predicted molar refractivity (Wildman–Crippen MR) is 115 cm³/mol. The van der Waals surface area contributed by atoms with Gasteiger partial charge in [0.25, 0.3) is 5.91 Å². The molecule has 1 saturated heterocycles. The van der Waals surface area contributed by atoms with E-state index >= 15 is 0 Å². The molecule has 1 amide bonds. The van der Waals surface area contributed by atoms with Gasteiger partial charge in [0.1, 0.15) is 11.3 Å². The normalized spacial score (nSPS) is 16.6. The summed E-state index contributed by atoms with van der Waals surface area (Å²) in [4.78, 5) is 25.0. The minimum absolute atomic E-state index is 0. The molecule has 1 aromatic carbocycles. The molecule has 0 spiro atoms. The van der Waals surface area contributed by atoms with E-state index in [4.69, 9.17) is 4.42 Å². The molecule has 3 N–H and O–H groups in total. The fourth-order valence-corrected chi connectivity index (χ4v) is 3.80. The number of anilines is 2. The number of carbonyl (C=O) groups excluding carboxylic acids is 1. The van der Waals surface area contributed by atoms with E-state index in [1.807, 2.05) is 0 Å². The average molecular weight is 442 g/mol. The Morgan fingerprint density at radius 1 is 1.21 bits per heavy atom. The molecule has 0 radical (unpaired) electrons. The standard InChI is InChI=1S/C19H23N3O5S.ClH/c1-12-10-16(13-4-3-9-20-11-13)27-19(24)17(12)18(23)21-14-5-7-15(8-6-14)22-28(2,25)26;/h5-8,10,13,20,22H,3-4,9,11H2,1-2H3,(H,21,23);1H. The van der Waals surface area contributed by atoms with Crippen LogP contribution in [0.1, 0.15) is 40.4 Å². The maximum absolute atomic E-state index is 12.6. The van der Waals surface area contributed by atoms with Crippen LogP contribution in [0.3, 0.4) is 0 Å². The molecule has 1 atom stereocenters. The Labute approximate surface area is 175 Å². The van der Waals surface area contributed by atoms with Crippen LogP contribution in [0.5, 0.6) is 0 Å². The number of carbonyl (C=O) groups is 1. The highest BCUT2D eigenvalue weighted by atomic mass is 35.5. The van der Waals surface area contributed by atoms with Crippen LogP contribution in [0, 0.1) is 6.92 Å². The van der Waals surface area contributed by atoms with E-state index in [1.165, 1.54) is 12.1 Å². The minimum atomic E-state index is -3.38. The highest BCUT2D eigenvalue weighted by Crippen LogP contribution is 2.24. The van der Waals surface area contributed by atoms with Gasteiger partial charge in [-0.1, -0.05) is 0 Å². The lowest BCUT2D eigenvalue weighted by atomic mass is 9.95. The number of nitrogens with one attached hydrogen (secondary N) is 3. The van der Waals surface area contributed by atoms with Gasteiger partial charge in [0.05, 0.1) is 6.26 Å². The van der Waals surface area contributed by atoms with Crippen molar-refractivity contribution >= 4 is 39.7 Å². The van der Waals surface area contributed by atoms with Crippen LogP contribution in [0.25, 0.3) is 0 Å². The van der Waals surface area contributed by atoms with Gasteiger partial charge in [-0.05, 0) is 62.2 Å². The van der Waals surface area contributed by atoms with Crippen LogP contribution in [-0.4, -0.2) is 33.7 Å². The van der Waals surface area contributed by atoms with Gasteiger partial charge in [0.15, 0.2) is 0 Å². The minimum Gasteiger partial charge on any atom is -0.427 e. The molecule has 1 fully saturated rings.